The van der Waals surface area contributed by atoms with E-state index in [4.69, 9.17) is 21.0 Å². The van der Waals surface area contributed by atoms with Crippen molar-refractivity contribution in [3.05, 3.63) is 118 Å². The van der Waals surface area contributed by atoms with Gasteiger partial charge in [-0.15, -0.1) is 0 Å². The van der Waals surface area contributed by atoms with E-state index < -0.39 is 5.82 Å². The van der Waals surface area contributed by atoms with Crippen LogP contribution in [0.5, 0.6) is 5.88 Å². The molecular formula is C31H26F2N4O2. The molecule has 0 bridgehead atoms. The van der Waals surface area contributed by atoms with Crippen molar-refractivity contribution < 1.29 is 18.3 Å². The van der Waals surface area contributed by atoms with Crippen LogP contribution in [-0.4, -0.2) is 28.3 Å². The van der Waals surface area contributed by atoms with Gasteiger partial charge in [-0.25, -0.2) is 23.6 Å². The van der Waals surface area contributed by atoms with Gasteiger partial charge in [-0.05, 0) is 48.4 Å². The van der Waals surface area contributed by atoms with Gasteiger partial charge < -0.3 is 14.0 Å². The molecule has 0 fully saturated rings. The molecule has 5 aromatic rings. The molecule has 0 aliphatic heterocycles. The second-order valence-electron chi connectivity index (χ2n) is 9.18. The van der Waals surface area contributed by atoms with Crippen LogP contribution in [0.15, 0.2) is 72.8 Å². The highest BCUT2D eigenvalue weighted by Gasteiger charge is 2.15. The summed E-state index contributed by atoms with van der Waals surface area (Å²) in [5.41, 5.74) is 5.19. The minimum Gasteiger partial charge on any atom is -0.473 e. The predicted octanol–water partition coefficient (Wildman–Crippen LogP) is 7.05. The third-order valence-corrected chi connectivity index (χ3v) is 6.46. The standard InChI is InChI=1S/C31H26F2N4O2/c1-20-7-12-28-29(15-20)37(13-14-38-3)30(35-28)17-21-8-9-22(16-25(21)32)27-5-4-6-31(36-27)39-19-23-10-11-24(34-2)18-26(23)33/h4-12,15-16,18H,13-14,17,19H2,1,3H3. The summed E-state index contributed by atoms with van der Waals surface area (Å²) in [6.45, 7) is 10.1. The number of ether oxygens (including phenoxy) is 2. The van der Waals surface area contributed by atoms with Crippen LogP contribution in [0.3, 0.4) is 0 Å². The predicted molar refractivity (Wildman–Crippen MR) is 146 cm³/mol. The summed E-state index contributed by atoms with van der Waals surface area (Å²) < 4.78 is 42.6. The number of nitrogens with zero attached hydrogens (tertiary/aromatic N) is 4. The van der Waals surface area contributed by atoms with Crippen molar-refractivity contribution in [2.45, 2.75) is 26.5 Å². The van der Waals surface area contributed by atoms with Crippen LogP contribution >= 0.6 is 0 Å². The molecule has 0 saturated carbocycles. The molecule has 5 rings (SSSR count). The van der Waals surface area contributed by atoms with Crippen LogP contribution in [0.4, 0.5) is 14.5 Å². The molecule has 6 nitrogen and oxygen atoms in total. The normalized spacial score (nSPS) is 11.1. The summed E-state index contributed by atoms with van der Waals surface area (Å²) in [6.07, 6.45) is 0.331. The SMILES string of the molecule is [C-]#[N+]c1ccc(COc2cccc(-c3ccc(Cc4nc5ccc(C)cc5n4CCOC)c(F)c3)n2)c(F)c1. The number of aromatic nitrogens is 3. The summed E-state index contributed by atoms with van der Waals surface area (Å²) >= 11 is 0. The molecule has 0 unspecified atom stereocenters. The maximum absolute atomic E-state index is 15.3. The zero-order valence-corrected chi connectivity index (χ0v) is 21.6. The van der Waals surface area contributed by atoms with E-state index in [0.717, 1.165) is 22.4 Å². The fourth-order valence-corrected chi connectivity index (χ4v) is 4.40. The lowest BCUT2D eigenvalue weighted by molar-refractivity contribution is 0.187. The summed E-state index contributed by atoms with van der Waals surface area (Å²) in [6, 6.07) is 20.5. The Labute approximate surface area is 225 Å². The third-order valence-electron chi connectivity index (χ3n) is 6.46. The van der Waals surface area contributed by atoms with Gasteiger partial charge >= 0.3 is 0 Å². The van der Waals surface area contributed by atoms with Crippen LogP contribution < -0.4 is 4.74 Å². The summed E-state index contributed by atoms with van der Waals surface area (Å²) in [5.74, 6) is 0.185. The van der Waals surface area contributed by atoms with Gasteiger partial charge in [0.15, 0.2) is 5.69 Å². The number of fused-ring (bicyclic) bond motifs is 1. The molecule has 0 aliphatic carbocycles. The van der Waals surface area contributed by atoms with E-state index >= 15 is 4.39 Å². The van der Waals surface area contributed by atoms with Crippen LogP contribution in [0.25, 0.3) is 27.1 Å². The molecular weight excluding hydrogens is 498 g/mol. The Bertz CT molecular complexity index is 1690. The number of benzene rings is 3. The van der Waals surface area contributed by atoms with E-state index in [0.29, 0.717) is 42.0 Å². The minimum absolute atomic E-state index is 0.0442. The lowest BCUT2D eigenvalue weighted by atomic mass is 10.1. The lowest BCUT2D eigenvalue weighted by Gasteiger charge is -2.11. The second-order valence-corrected chi connectivity index (χ2v) is 9.18. The van der Waals surface area contributed by atoms with Gasteiger partial charge in [0.2, 0.25) is 5.88 Å². The maximum atomic E-state index is 15.3. The molecule has 0 atom stereocenters. The molecule has 8 heteroatoms. The number of imidazole rings is 1. The van der Waals surface area contributed by atoms with Gasteiger partial charge in [-0.3, -0.25) is 0 Å². The van der Waals surface area contributed by atoms with E-state index in [1.165, 1.54) is 24.3 Å². The van der Waals surface area contributed by atoms with Gasteiger partial charge in [0.05, 0.1) is 29.9 Å². The van der Waals surface area contributed by atoms with Gasteiger partial charge in [-0.2, -0.15) is 0 Å². The molecule has 3 aromatic carbocycles. The first-order chi connectivity index (χ1) is 18.9. The molecule has 0 saturated heterocycles. The Morgan fingerprint density at radius 3 is 2.51 bits per heavy atom. The molecule has 2 heterocycles. The lowest BCUT2D eigenvalue weighted by Crippen LogP contribution is -2.09. The molecule has 0 aliphatic rings. The van der Waals surface area contributed by atoms with Crippen molar-refractivity contribution in [3.63, 3.8) is 0 Å². The highest BCUT2D eigenvalue weighted by atomic mass is 19.1. The molecule has 0 radical (unpaired) electrons. The number of hydrogen-bond acceptors (Lipinski definition) is 4. The Hall–Kier alpha value is -4.61. The zero-order chi connectivity index (χ0) is 27.4. The van der Waals surface area contributed by atoms with Crippen LogP contribution in [0.2, 0.25) is 0 Å². The Balaban J connectivity index is 1.35. The monoisotopic (exact) mass is 524 g/mol. The van der Waals surface area contributed by atoms with Gasteiger partial charge in [-0.1, -0.05) is 36.4 Å². The first kappa shape index (κ1) is 26.0. The van der Waals surface area contributed by atoms with Crippen molar-refractivity contribution in [1.29, 1.82) is 0 Å². The van der Waals surface area contributed by atoms with Crippen molar-refractivity contribution >= 4 is 16.7 Å². The van der Waals surface area contributed by atoms with Crippen LogP contribution in [0, 0.1) is 25.1 Å². The highest BCUT2D eigenvalue weighted by Crippen LogP contribution is 2.26. The van der Waals surface area contributed by atoms with Crippen molar-refractivity contribution in [2.75, 3.05) is 13.7 Å². The molecule has 0 N–H and O–H groups in total. The number of methoxy groups -OCH3 is 1. The van der Waals surface area contributed by atoms with Gasteiger partial charge in [0, 0.05) is 37.3 Å². The first-order valence-electron chi connectivity index (χ1n) is 12.4. The van der Waals surface area contributed by atoms with Crippen LogP contribution in [0.1, 0.15) is 22.5 Å². The number of halogens is 2. The summed E-state index contributed by atoms with van der Waals surface area (Å²) in [5, 5.41) is 0. The number of rotatable bonds is 9. The summed E-state index contributed by atoms with van der Waals surface area (Å²) in [7, 11) is 1.66. The van der Waals surface area contributed by atoms with Crippen molar-refractivity contribution in [2.24, 2.45) is 0 Å². The van der Waals surface area contributed by atoms with E-state index in [1.807, 2.05) is 25.1 Å². The van der Waals surface area contributed by atoms with Crippen molar-refractivity contribution in [1.82, 2.24) is 14.5 Å². The number of pyridine rings is 1. The van der Waals surface area contributed by atoms with E-state index in [2.05, 4.69) is 20.5 Å². The average molecular weight is 525 g/mol. The fraction of sp³-hybridized carbons (Fsp3) is 0.194. The molecule has 0 amide bonds. The Morgan fingerprint density at radius 1 is 0.923 bits per heavy atom. The smallest absolute Gasteiger partial charge is 0.214 e. The van der Waals surface area contributed by atoms with E-state index in [1.54, 1.807) is 31.4 Å². The molecule has 196 valence electrons. The minimum atomic E-state index is -0.511. The topological polar surface area (TPSA) is 53.5 Å². The van der Waals surface area contributed by atoms with E-state index in [-0.39, 0.29) is 24.0 Å². The Morgan fingerprint density at radius 2 is 1.74 bits per heavy atom. The first-order valence-corrected chi connectivity index (χ1v) is 12.4. The van der Waals surface area contributed by atoms with Crippen LogP contribution in [-0.2, 0) is 24.3 Å². The fourth-order valence-electron chi connectivity index (χ4n) is 4.40. The molecule has 0 spiro atoms. The highest BCUT2D eigenvalue weighted by molar-refractivity contribution is 5.77. The Kier molecular flexibility index (Phi) is 7.62. The molecule has 2 aromatic heterocycles. The third kappa shape index (κ3) is 5.79. The number of hydrogen-bond donors (Lipinski definition) is 0. The largest absolute Gasteiger partial charge is 0.473 e. The van der Waals surface area contributed by atoms with Crippen molar-refractivity contribution in [3.8, 4) is 17.1 Å². The average Bonchev–Trinajstić information content (AvgIpc) is 3.28. The summed E-state index contributed by atoms with van der Waals surface area (Å²) in [4.78, 5) is 12.5. The number of aryl methyl sites for hydroxylation is 1. The zero-order valence-electron chi connectivity index (χ0n) is 21.6. The van der Waals surface area contributed by atoms with Gasteiger partial charge in [0.25, 0.3) is 0 Å². The maximum Gasteiger partial charge on any atom is 0.214 e. The quantitative estimate of drug-likeness (QED) is 0.194. The second kappa shape index (κ2) is 11.4. The van der Waals surface area contributed by atoms with Gasteiger partial charge in [0.1, 0.15) is 24.1 Å². The van der Waals surface area contributed by atoms with E-state index in [9.17, 15) is 4.39 Å². The molecule has 39 heavy (non-hydrogen) atoms.